The zero-order valence-electron chi connectivity index (χ0n) is 14.0. The number of nitrogens with zero attached hydrogens (tertiary/aromatic N) is 2. The lowest BCUT2D eigenvalue weighted by Gasteiger charge is -2.07. The normalized spacial score (nSPS) is 10.8. The number of anilines is 2. The largest absolute Gasteiger partial charge is 0.360 e. The second-order valence-electron chi connectivity index (χ2n) is 5.49. The average molecular weight is 371 g/mol. The summed E-state index contributed by atoms with van der Waals surface area (Å²) in [6.45, 7) is 3.93. The number of amides is 1. The van der Waals surface area contributed by atoms with Crippen LogP contribution in [0.5, 0.6) is 0 Å². The van der Waals surface area contributed by atoms with Gasteiger partial charge in [0.25, 0.3) is 11.6 Å². The SMILES string of the molecule is Cc1ccc(N/C=C(/C#N)C(=O)Nc2ccc(Cl)c([N+](=O)[O-])c2)cc1C. The van der Waals surface area contributed by atoms with Crippen LogP contribution >= 0.6 is 11.6 Å². The Labute approximate surface area is 155 Å². The molecule has 7 nitrogen and oxygen atoms in total. The van der Waals surface area contributed by atoms with Crippen molar-refractivity contribution in [3.8, 4) is 6.07 Å². The average Bonchev–Trinajstić information content (AvgIpc) is 2.60. The summed E-state index contributed by atoms with van der Waals surface area (Å²) in [5.41, 5.74) is 2.58. The van der Waals surface area contributed by atoms with Crippen molar-refractivity contribution in [2.45, 2.75) is 13.8 Å². The number of benzene rings is 2. The summed E-state index contributed by atoms with van der Waals surface area (Å²) >= 11 is 5.73. The first-order chi connectivity index (χ1) is 12.3. The summed E-state index contributed by atoms with van der Waals surface area (Å²) in [6.07, 6.45) is 1.28. The first kappa shape index (κ1) is 19.0. The standard InChI is InChI=1S/C18H15ClN4O3/c1-11-3-4-14(7-12(11)2)21-10-13(9-20)18(24)22-15-5-6-16(19)17(8-15)23(25)26/h3-8,10,21H,1-2H3,(H,22,24)/b13-10-. The maximum Gasteiger partial charge on any atom is 0.289 e. The van der Waals surface area contributed by atoms with Gasteiger partial charge in [-0.1, -0.05) is 17.7 Å². The molecule has 2 rings (SSSR count). The maximum absolute atomic E-state index is 12.2. The van der Waals surface area contributed by atoms with E-state index in [0.717, 1.165) is 22.9 Å². The minimum Gasteiger partial charge on any atom is -0.360 e. The van der Waals surface area contributed by atoms with Gasteiger partial charge in [0.15, 0.2) is 0 Å². The molecular formula is C18H15ClN4O3. The number of rotatable bonds is 5. The van der Waals surface area contributed by atoms with E-state index in [2.05, 4.69) is 10.6 Å². The second-order valence-corrected chi connectivity index (χ2v) is 5.90. The van der Waals surface area contributed by atoms with E-state index in [1.54, 1.807) is 6.07 Å². The molecule has 132 valence electrons. The van der Waals surface area contributed by atoms with E-state index in [0.29, 0.717) is 0 Å². The topological polar surface area (TPSA) is 108 Å². The number of aryl methyl sites for hydroxylation is 2. The van der Waals surface area contributed by atoms with E-state index in [4.69, 9.17) is 11.6 Å². The van der Waals surface area contributed by atoms with E-state index in [1.807, 2.05) is 32.0 Å². The van der Waals surface area contributed by atoms with Crippen molar-refractivity contribution in [3.63, 3.8) is 0 Å². The van der Waals surface area contributed by atoms with Crippen LogP contribution in [0.2, 0.25) is 5.02 Å². The van der Waals surface area contributed by atoms with Crippen LogP contribution in [-0.2, 0) is 4.79 Å². The van der Waals surface area contributed by atoms with Gasteiger partial charge in [0, 0.05) is 23.6 Å². The Morgan fingerprint density at radius 3 is 2.50 bits per heavy atom. The summed E-state index contributed by atoms with van der Waals surface area (Å²) in [6, 6.07) is 11.3. The highest BCUT2D eigenvalue weighted by atomic mass is 35.5. The molecule has 2 N–H and O–H groups in total. The number of carbonyl (C=O) groups excluding carboxylic acids is 1. The molecule has 8 heteroatoms. The van der Waals surface area contributed by atoms with E-state index in [9.17, 15) is 20.2 Å². The van der Waals surface area contributed by atoms with E-state index in [1.165, 1.54) is 18.3 Å². The van der Waals surface area contributed by atoms with E-state index in [-0.39, 0.29) is 22.0 Å². The van der Waals surface area contributed by atoms with Gasteiger partial charge in [-0.2, -0.15) is 5.26 Å². The molecule has 2 aromatic carbocycles. The van der Waals surface area contributed by atoms with Gasteiger partial charge in [-0.3, -0.25) is 14.9 Å². The molecule has 0 aliphatic carbocycles. The molecular weight excluding hydrogens is 356 g/mol. The number of nitrogens with one attached hydrogen (secondary N) is 2. The third-order valence-electron chi connectivity index (χ3n) is 3.66. The highest BCUT2D eigenvalue weighted by molar-refractivity contribution is 6.32. The highest BCUT2D eigenvalue weighted by Crippen LogP contribution is 2.27. The summed E-state index contributed by atoms with van der Waals surface area (Å²) in [5.74, 6) is -0.694. The fraction of sp³-hybridized carbons (Fsp3) is 0.111. The molecule has 0 spiro atoms. The van der Waals surface area contributed by atoms with Crippen LogP contribution in [0.15, 0.2) is 48.2 Å². The summed E-state index contributed by atoms with van der Waals surface area (Å²) in [5, 5.41) is 25.4. The smallest absolute Gasteiger partial charge is 0.289 e. The zero-order valence-corrected chi connectivity index (χ0v) is 14.8. The number of nitriles is 1. The Kier molecular flexibility index (Phi) is 5.94. The second kappa shape index (κ2) is 8.14. The molecule has 0 saturated heterocycles. The van der Waals surface area contributed by atoms with Crippen LogP contribution in [-0.4, -0.2) is 10.8 Å². The number of hydrogen-bond acceptors (Lipinski definition) is 5. The van der Waals surface area contributed by atoms with E-state index >= 15 is 0 Å². The monoisotopic (exact) mass is 370 g/mol. The lowest BCUT2D eigenvalue weighted by Crippen LogP contribution is -2.14. The molecule has 0 heterocycles. The van der Waals surface area contributed by atoms with Crippen LogP contribution in [0, 0.1) is 35.3 Å². The molecule has 0 bridgehead atoms. The molecule has 0 aliphatic rings. The van der Waals surface area contributed by atoms with Gasteiger partial charge >= 0.3 is 0 Å². The maximum atomic E-state index is 12.2. The molecule has 0 unspecified atom stereocenters. The Hall–Kier alpha value is -3.37. The summed E-state index contributed by atoms with van der Waals surface area (Å²) in [7, 11) is 0. The molecule has 0 aromatic heterocycles. The van der Waals surface area contributed by atoms with Crippen molar-refractivity contribution in [3.05, 3.63) is 74.4 Å². The van der Waals surface area contributed by atoms with Crippen LogP contribution in [0.3, 0.4) is 0 Å². The van der Waals surface area contributed by atoms with Crippen molar-refractivity contribution in [2.24, 2.45) is 0 Å². The van der Waals surface area contributed by atoms with Gasteiger partial charge in [-0.25, -0.2) is 0 Å². The first-order valence-electron chi connectivity index (χ1n) is 7.51. The van der Waals surface area contributed by atoms with Crippen LogP contribution in [0.4, 0.5) is 17.1 Å². The predicted molar refractivity (Wildman–Crippen MR) is 100.0 cm³/mol. The number of halogens is 1. The van der Waals surface area contributed by atoms with Crippen molar-refractivity contribution in [1.82, 2.24) is 0 Å². The fourth-order valence-electron chi connectivity index (χ4n) is 2.06. The molecule has 0 atom stereocenters. The number of carbonyl (C=O) groups is 1. The molecule has 0 aliphatic heterocycles. The molecule has 26 heavy (non-hydrogen) atoms. The molecule has 1 amide bonds. The van der Waals surface area contributed by atoms with Gasteiger partial charge in [0.05, 0.1) is 4.92 Å². The molecule has 0 saturated carbocycles. The Morgan fingerprint density at radius 2 is 1.88 bits per heavy atom. The molecule has 0 fully saturated rings. The molecule has 0 radical (unpaired) electrons. The predicted octanol–water partition coefficient (Wildman–Crippen LogP) is 4.32. The Bertz CT molecular complexity index is 948. The highest BCUT2D eigenvalue weighted by Gasteiger charge is 2.15. The van der Waals surface area contributed by atoms with Crippen molar-refractivity contribution in [1.29, 1.82) is 5.26 Å². The lowest BCUT2D eigenvalue weighted by atomic mass is 10.1. The zero-order chi connectivity index (χ0) is 19.3. The lowest BCUT2D eigenvalue weighted by molar-refractivity contribution is -0.384. The third kappa shape index (κ3) is 4.59. The van der Waals surface area contributed by atoms with Gasteiger partial charge in [-0.05, 0) is 49.2 Å². The number of nitro groups is 1. The van der Waals surface area contributed by atoms with Crippen LogP contribution in [0.25, 0.3) is 0 Å². The summed E-state index contributed by atoms with van der Waals surface area (Å²) in [4.78, 5) is 22.5. The third-order valence-corrected chi connectivity index (χ3v) is 3.98. The minimum absolute atomic E-state index is 0.0412. The molecule has 2 aromatic rings. The number of hydrogen-bond donors (Lipinski definition) is 2. The first-order valence-corrected chi connectivity index (χ1v) is 7.89. The van der Waals surface area contributed by atoms with Gasteiger partial charge < -0.3 is 10.6 Å². The van der Waals surface area contributed by atoms with Gasteiger partial charge in [0.2, 0.25) is 0 Å². The Balaban J connectivity index is 2.16. The van der Waals surface area contributed by atoms with Crippen molar-refractivity contribution < 1.29 is 9.72 Å². The van der Waals surface area contributed by atoms with E-state index < -0.39 is 10.8 Å². The van der Waals surface area contributed by atoms with Gasteiger partial charge in [0.1, 0.15) is 16.7 Å². The van der Waals surface area contributed by atoms with Crippen LogP contribution < -0.4 is 10.6 Å². The minimum atomic E-state index is -0.694. The van der Waals surface area contributed by atoms with Gasteiger partial charge in [-0.15, -0.1) is 0 Å². The number of nitro benzene ring substituents is 1. The fourth-order valence-corrected chi connectivity index (χ4v) is 2.25. The van der Waals surface area contributed by atoms with Crippen molar-refractivity contribution >= 4 is 34.6 Å². The van der Waals surface area contributed by atoms with Crippen LogP contribution in [0.1, 0.15) is 11.1 Å². The quantitative estimate of drug-likeness (QED) is 0.352. The Morgan fingerprint density at radius 1 is 1.19 bits per heavy atom. The van der Waals surface area contributed by atoms with Crippen molar-refractivity contribution in [2.75, 3.05) is 10.6 Å². The summed E-state index contributed by atoms with van der Waals surface area (Å²) < 4.78 is 0.